The van der Waals surface area contributed by atoms with Crippen LogP contribution in [0.25, 0.3) is 0 Å². The monoisotopic (exact) mass is 404 g/mol. The molecule has 2 aromatic carbocycles. The van der Waals surface area contributed by atoms with Crippen LogP contribution in [0.3, 0.4) is 0 Å². The van der Waals surface area contributed by atoms with E-state index in [1.54, 1.807) is 44.6 Å². The molecule has 1 N–H and O–H groups in total. The molecule has 2 aromatic rings. The molecule has 0 atom stereocenters. The van der Waals surface area contributed by atoms with E-state index in [0.717, 1.165) is 0 Å². The van der Waals surface area contributed by atoms with Crippen molar-refractivity contribution >= 4 is 17.8 Å². The van der Waals surface area contributed by atoms with Gasteiger partial charge in [0.15, 0.2) is 18.1 Å². The summed E-state index contributed by atoms with van der Waals surface area (Å²) >= 11 is 0. The van der Waals surface area contributed by atoms with Gasteiger partial charge in [-0.1, -0.05) is 5.16 Å². The summed E-state index contributed by atoms with van der Waals surface area (Å²) in [6.45, 7) is -0.292. The quantitative estimate of drug-likeness (QED) is 0.480. The maximum atomic E-state index is 12.1. The number of carbonyl (C=O) groups is 1. The average molecular weight is 404 g/mol. The van der Waals surface area contributed by atoms with Gasteiger partial charge in [-0.2, -0.15) is 0 Å². The highest BCUT2D eigenvalue weighted by Gasteiger charge is 2.14. The van der Waals surface area contributed by atoms with Crippen LogP contribution >= 0.6 is 0 Å². The minimum Gasteiger partial charge on any atom is -0.497 e. The van der Waals surface area contributed by atoms with E-state index in [2.05, 4.69) is 10.5 Å². The van der Waals surface area contributed by atoms with Gasteiger partial charge in [-0.25, -0.2) is 0 Å². The van der Waals surface area contributed by atoms with Crippen LogP contribution in [0.5, 0.6) is 28.7 Å². The van der Waals surface area contributed by atoms with Crippen LogP contribution in [0.15, 0.2) is 35.5 Å². The fraction of sp³-hybridized carbons (Fsp3) is 0.300. The van der Waals surface area contributed by atoms with Crippen LogP contribution in [-0.4, -0.2) is 54.3 Å². The number of amides is 1. The summed E-state index contributed by atoms with van der Waals surface area (Å²) in [7, 11) is 7.60. The van der Waals surface area contributed by atoms with Gasteiger partial charge in [-0.05, 0) is 18.2 Å². The zero-order valence-corrected chi connectivity index (χ0v) is 17.0. The molecule has 0 aliphatic heterocycles. The molecule has 0 unspecified atom stereocenters. The fourth-order valence-electron chi connectivity index (χ4n) is 2.48. The van der Waals surface area contributed by atoms with Gasteiger partial charge in [0.1, 0.15) is 11.5 Å². The van der Waals surface area contributed by atoms with E-state index in [1.165, 1.54) is 27.5 Å². The van der Waals surface area contributed by atoms with Crippen molar-refractivity contribution in [2.24, 2.45) is 5.16 Å². The van der Waals surface area contributed by atoms with Crippen molar-refractivity contribution in [3.05, 3.63) is 35.9 Å². The third-order valence-electron chi connectivity index (χ3n) is 3.85. The second-order valence-corrected chi connectivity index (χ2v) is 5.58. The van der Waals surface area contributed by atoms with E-state index in [4.69, 9.17) is 28.5 Å². The number of nitrogens with zero attached hydrogens (tertiary/aromatic N) is 1. The highest BCUT2D eigenvalue weighted by Crippen LogP contribution is 2.39. The van der Waals surface area contributed by atoms with E-state index in [9.17, 15) is 4.79 Å². The lowest BCUT2D eigenvalue weighted by Gasteiger charge is -2.14. The van der Waals surface area contributed by atoms with Gasteiger partial charge in [0.25, 0.3) is 5.91 Å². The zero-order valence-electron chi connectivity index (χ0n) is 17.0. The largest absolute Gasteiger partial charge is 0.497 e. The van der Waals surface area contributed by atoms with Gasteiger partial charge in [0, 0.05) is 23.4 Å². The number of hydrogen-bond donors (Lipinski definition) is 1. The number of rotatable bonds is 10. The van der Waals surface area contributed by atoms with Crippen LogP contribution in [0.1, 0.15) is 5.56 Å². The molecule has 0 aliphatic carbocycles. The van der Waals surface area contributed by atoms with E-state index in [0.29, 0.717) is 40.0 Å². The third-order valence-corrected chi connectivity index (χ3v) is 3.85. The molecule has 0 saturated heterocycles. The average Bonchev–Trinajstić information content (AvgIpc) is 2.75. The first-order valence-electron chi connectivity index (χ1n) is 8.53. The van der Waals surface area contributed by atoms with Crippen LogP contribution in [0.4, 0.5) is 5.69 Å². The van der Waals surface area contributed by atoms with Gasteiger partial charge in [-0.3, -0.25) is 4.79 Å². The van der Waals surface area contributed by atoms with Crippen molar-refractivity contribution in [1.29, 1.82) is 0 Å². The lowest BCUT2D eigenvalue weighted by Crippen LogP contribution is -2.17. The van der Waals surface area contributed by atoms with Gasteiger partial charge in [0.2, 0.25) is 5.75 Å². The van der Waals surface area contributed by atoms with Crippen molar-refractivity contribution < 1.29 is 33.3 Å². The van der Waals surface area contributed by atoms with E-state index in [-0.39, 0.29) is 6.61 Å². The summed E-state index contributed by atoms with van der Waals surface area (Å²) in [6, 6.07) is 8.48. The molecule has 0 radical (unpaired) electrons. The van der Waals surface area contributed by atoms with E-state index < -0.39 is 5.91 Å². The number of methoxy groups -OCH3 is 5. The molecule has 9 nitrogen and oxygen atoms in total. The second-order valence-electron chi connectivity index (χ2n) is 5.58. The van der Waals surface area contributed by atoms with Gasteiger partial charge < -0.3 is 33.8 Å². The van der Waals surface area contributed by atoms with Crippen LogP contribution in [0, 0.1) is 0 Å². The minimum absolute atomic E-state index is 0.292. The molecule has 1 amide bonds. The Bertz CT molecular complexity index is 843. The normalized spacial score (nSPS) is 10.4. The van der Waals surface area contributed by atoms with E-state index in [1.807, 2.05) is 0 Å². The van der Waals surface area contributed by atoms with E-state index >= 15 is 0 Å². The Morgan fingerprint density at radius 3 is 2.10 bits per heavy atom. The van der Waals surface area contributed by atoms with Gasteiger partial charge in [0.05, 0.1) is 41.8 Å². The summed E-state index contributed by atoms with van der Waals surface area (Å²) in [5.41, 5.74) is 1.11. The van der Waals surface area contributed by atoms with Crippen LogP contribution in [0.2, 0.25) is 0 Å². The number of hydrogen-bond acceptors (Lipinski definition) is 8. The number of anilines is 1. The van der Waals surface area contributed by atoms with Crippen molar-refractivity contribution in [2.45, 2.75) is 0 Å². The van der Waals surface area contributed by atoms with Crippen molar-refractivity contribution in [3.8, 4) is 28.7 Å². The number of benzene rings is 2. The van der Waals surface area contributed by atoms with Crippen LogP contribution in [-0.2, 0) is 9.63 Å². The molecule has 0 heterocycles. The highest BCUT2D eigenvalue weighted by atomic mass is 16.6. The second kappa shape index (κ2) is 10.6. The lowest BCUT2D eigenvalue weighted by atomic mass is 10.2. The molecule has 0 spiro atoms. The first kappa shape index (κ1) is 21.7. The van der Waals surface area contributed by atoms with Crippen molar-refractivity contribution in [2.75, 3.05) is 47.5 Å². The molecule has 0 aliphatic rings. The third kappa shape index (κ3) is 5.68. The summed E-state index contributed by atoms with van der Waals surface area (Å²) in [6.07, 6.45) is 1.44. The molecule has 0 saturated carbocycles. The molecule has 156 valence electrons. The van der Waals surface area contributed by atoms with Gasteiger partial charge >= 0.3 is 0 Å². The highest BCUT2D eigenvalue weighted by molar-refractivity contribution is 5.92. The Kier molecular flexibility index (Phi) is 7.96. The zero-order chi connectivity index (χ0) is 21.2. The Morgan fingerprint density at radius 2 is 1.55 bits per heavy atom. The first-order valence-corrected chi connectivity index (χ1v) is 8.53. The molecular formula is C20H24N2O7. The summed E-state index contributed by atoms with van der Waals surface area (Å²) in [5.74, 6) is 2.11. The van der Waals surface area contributed by atoms with Crippen LogP contribution < -0.4 is 29.0 Å². The predicted octanol–water partition coefficient (Wildman–Crippen LogP) is 2.72. The molecule has 9 heteroatoms. The maximum absolute atomic E-state index is 12.1. The Labute approximate surface area is 169 Å². The smallest absolute Gasteiger partial charge is 0.265 e. The molecule has 0 fully saturated rings. The SMILES string of the molecule is COc1ccc(OC)c(/C=N/OCC(=O)Nc2cc(OC)c(OC)c(OC)c2)c1. The first-order chi connectivity index (χ1) is 14.1. The maximum Gasteiger partial charge on any atom is 0.265 e. The molecule has 29 heavy (non-hydrogen) atoms. The number of ether oxygens (including phenoxy) is 5. The van der Waals surface area contributed by atoms with Crippen molar-refractivity contribution in [3.63, 3.8) is 0 Å². The molecule has 2 rings (SSSR count). The minimum atomic E-state index is -0.408. The standard InChI is InChI=1S/C20H24N2O7/c1-24-15-6-7-16(25-2)13(8-15)11-21-29-12-19(23)22-14-9-17(26-3)20(28-5)18(10-14)27-4/h6-11H,12H2,1-5H3,(H,22,23)/b21-11+. The fourth-order valence-corrected chi connectivity index (χ4v) is 2.48. The van der Waals surface area contributed by atoms with Gasteiger partial charge in [-0.15, -0.1) is 0 Å². The Morgan fingerprint density at radius 1 is 0.897 bits per heavy atom. The molecule has 0 aromatic heterocycles. The predicted molar refractivity (Wildman–Crippen MR) is 108 cm³/mol. The Hall–Kier alpha value is -3.62. The molecular weight excluding hydrogens is 380 g/mol. The number of nitrogens with one attached hydrogen (secondary N) is 1. The summed E-state index contributed by atoms with van der Waals surface area (Å²) < 4.78 is 26.2. The number of oxime groups is 1. The molecule has 0 bridgehead atoms. The summed E-state index contributed by atoms with van der Waals surface area (Å²) in [5, 5.41) is 6.50. The lowest BCUT2D eigenvalue weighted by molar-refractivity contribution is -0.120. The number of carbonyl (C=O) groups excluding carboxylic acids is 1. The summed E-state index contributed by atoms with van der Waals surface area (Å²) in [4.78, 5) is 17.2. The Balaban J connectivity index is 1.99. The topological polar surface area (TPSA) is 96.8 Å². The van der Waals surface area contributed by atoms with Crippen molar-refractivity contribution in [1.82, 2.24) is 0 Å².